The first-order chi connectivity index (χ1) is 10.0. The number of carboxylic acids is 1. The maximum absolute atomic E-state index is 10.9. The van der Waals surface area contributed by atoms with E-state index in [-0.39, 0.29) is 12.3 Å². The number of aromatic carboxylic acids is 1. The molecule has 0 atom stereocenters. The topological polar surface area (TPSA) is 68.7 Å². The first-order valence-electron chi connectivity index (χ1n) is 5.85. The number of benzene rings is 1. The first-order valence-corrected chi connectivity index (χ1v) is 7.44. The van der Waals surface area contributed by atoms with Crippen molar-refractivity contribution in [2.75, 3.05) is 7.11 Å². The highest BCUT2D eigenvalue weighted by molar-refractivity contribution is 9.11. The zero-order valence-corrected chi connectivity index (χ0v) is 14.1. The molecular formula is C14H11Br2NO4. The van der Waals surface area contributed by atoms with Gasteiger partial charge in [0.1, 0.15) is 23.8 Å². The van der Waals surface area contributed by atoms with Crippen LogP contribution in [0.5, 0.6) is 11.5 Å². The maximum Gasteiger partial charge on any atom is 0.354 e. The summed E-state index contributed by atoms with van der Waals surface area (Å²) in [6.07, 6.45) is 1.45. The molecule has 7 heteroatoms. The number of rotatable bonds is 5. The molecule has 0 aliphatic heterocycles. The number of aromatic nitrogens is 1. The second-order valence-electron chi connectivity index (χ2n) is 4.06. The summed E-state index contributed by atoms with van der Waals surface area (Å²) in [7, 11) is 1.58. The lowest BCUT2D eigenvalue weighted by Gasteiger charge is -2.11. The highest BCUT2D eigenvalue weighted by Crippen LogP contribution is 2.36. The first kappa shape index (κ1) is 15.8. The summed E-state index contributed by atoms with van der Waals surface area (Å²) in [5.41, 5.74) is 0.715. The number of carboxylic acid groups (broad SMARTS) is 1. The predicted molar refractivity (Wildman–Crippen MR) is 83.9 cm³/mol. The molecule has 0 saturated carbocycles. The normalized spacial score (nSPS) is 10.2. The van der Waals surface area contributed by atoms with Crippen LogP contribution in [0.1, 0.15) is 16.1 Å². The van der Waals surface area contributed by atoms with E-state index in [4.69, 9.17) is 14.6 Å². The second kappa shape index (κ2) is 6.91. The SMILES string of the molecule is COc1cc(Br)c(OCc2ccnc(C(=O)O)c2)cc1Br. The third-order valence-corrected chi connectivity index (χ3v) is 3.88. The quantitative estimate of drug-likeness (QED) is 0.800. The molecule has 1 aromatic carbocycles. The number of hydrogen-bond donors (Lipinski definition) is 1. The molecule has 1 N–H and O–H groups in total. The lowest BCUT2D eigenvalue weighted by atomic mass is 10.2. The van der Waals surface area contributed by atoms with Gasteiger partial charge in [0, 0.05) is 6.20 Å². The Kier molecular flexibility index (Phi) is 5.19. The minimum Gasteiger partial charge on any atom is -0.496 e. The van der Waals surface area contributed by atoms with Gasteiger partial charge in [0.25, 0.3) is 0 Å². The Morgan fingerprint density at radius 3 is 2.57 bits per heavy atom. The van der Waals surface area contributed by atoms with E-state index in [0.717, 1.165) is 14.5 Å². The van der Waals surface area contributed by atoms with E-state index < -0.39 is 5.97 Å². The van der Waals surface area contributed by atoms with E-state index in [1.54, 1.807) is 25.3 Å². The summed E-state index contributed by atoms with van der Waals surface area (Å²) in [5.74, 6) is 0.243. The largest absolute Gasteiger partial charge is 0.496 e. The molecule has 1 heterocycles. The summed E-state index contributed by atoms with van der Waals surface area (Å²) in [4.78, 5) is 14.6. The van der Waals surface area contributed by atoms with Crippen LogP contribution in [0.3, 0.4) is 0 Å². The number of nitrogens with zero attached hydrogens (tertiary/aromatic N) is 1. The van der Waals surface area contributed by atoms with Crippen LogP contribution in [0.25, 0.3) is 0 Å². The number of hydrogen-bond acceptors (Lipinski definition) is 4. The summed E-state index contributed by atoms with van der Waals surface area (Å²) in [6, 6.07) is 6.75. The van der Waals surface area contributed by atoms with Crippen LogP contribution >= 0.6 is 31.9 Å². The Bertz CT molecular complexity index is 676. The van der Waals surface area contributed by atoms with Crippen molar-refractivity contribution < 1.29 is 19.4 Å². The molecule has 0 radical (unpaired) electrons. The average molecular weight is 417 g/mol. The number of methoxy groups -OCH3 is 1. The molecule has 0 unspecified atom stereocenters. The molecule has 2 aromatic rings. The zero-order chi connectivity index (χ0) is 15.4. The average Bonchev–Trinajstić information content (AvgIpc) is 2.48. The fraction of sp³-hybridized carbons (Fsp3) is 0.143. The zero-order valence-electron chi connectivity index (χ0n) is 11.0. The highest BCUT2D eigenvalue weighted by Gasteiger charge is 2.10. The van der Waals surface area contributed by atoms with Crippen molar-refractivity contribution in [3.05, 3.63) is 50.7 Å². The van der Waals surface area contributed by atoms with Crippen molar-refractivity contribution in [2.24, 2.45) is 0 Å². The van der Waals surface area contributed by atoms with E-state index in [2.05, 4.69) is 36.8 Å². The number of ether oxygens (including phenoxy) is 2. The fourth-order valence-electron chi connectivity index (χ4n) is 1.62. The minimum absolute atomic E-state index is 0.00826. The number of pyridine rings is 1. The van der Waals surface area contributed by atoms with Crippen LogP contribution in [0.2, 0.25) is 0 Å². The van der Waals surface area contributed by atoms with Crippen molar-refractivity contribution in [3.8, 4) is 11.5 Å². The summed E-state index contributed by atoms with van der Waals surface area (Å²) in [6.45, 7) is 0.236. The molecule has 0 fully saturated rings. The van der Waals surface area contributed by atoms with Gasteiger partial charge >= 0.3 is 5.97 Å². The molecule has 0 spiro atoms. The van der Waals surface area contributed by atoms with Gasteiger partial charge in [-0.1, -0.05) is 0 Å². The van der Waals surface area contributed by atoms with Crippen LogP contribution in [-0.2, 0) is 6.61 Å². The maximum atomic E-state index is 10.9. The molecule has 0 aliphatic carbocycles. The summed E-state index contributed by atoms with van der Waals surface area (Å²) in [5, 5.41) is 8.90. The van der Waals surface area contributed by atoms with Gasteiger partial charge in [0.15, 0.2) is 0 Å². The Morgan fingerprint density at radius 2 is 1.90 bits per heavy atom. The van der Waals surface area contributed by atoms with Gasteiger partial charge in [0.2, 0.25) is 0 Å². The van der Waals surface area contributed by atoms with Crippen molar-refractivity contribution in [1.29, 1.82) is 0 Å². The van der Waals surface area contributed by atoms with Crippen LogP contribution in [0.15, 0.2) is 39.4 Å². The Balaban J connectivity index is 2.15. The van der Waals surface area contributed by atoms with Crippen molar-refractivity contribution in [2.45, 2.75) is 6.61 Å². The number of carbonyl (C=O) groups is 1. The molecule has 21 heavy (non-hydrogen) atoms. The standard InChI is InChI=1S/C14H11Br2NO4/c1-20-12-5-10(16)13(6-9(12)15)21-7-8-2-3-17-11(4-8)14(18)19/h2-6H,7H2,1H3,(H,18,19). The second-order valence-corrected chi connectivity index (χ2v) is 5.77. The van der Waals surface area contributed by atoms with Crippen LogP contribution in [0.4, 0.5) is 0 Å². The molecule has 0 aliphatic rings. The summed E-state index contributed by atoms with van der Waals surface area (Å²) >= 11 is 6.79. The molecule has 110 valence electrons. The van der Waals surface area contributed by atoms with Crippen molar-refractivity contribution >= 4 is 37.8 Å². The van der Waals surface area contributed by atoms with Crippen LogP contribution in [0, 0.1) is 0 Å². The smallest absolute Gasteiger partial charge is 0.354 e. The van der Waals surface area contributed by atoms with Gasteiger partial charge in [-0.2, -0.15) is 0 Å². The van der Waals surface area contributed by atoms with Gasteiger partial charge in [-0.25, -0.2) is 9.78 Å². The lowest BCUT2D eigenvalue weighted by Crippen LogP contribution is -2.03. The fourth-order valence-corrected chi connectivity index (χ4v) is 2.54. The van der Waals surface area contributed by atoms with Gasteiger partial charge in [-0.15, -0.1) is 0 Å². The molecule has 5 nitrogen and oxygen atoms in total. The van der Waals surface area contributed by atoms with Crippen LogP contribution < -0.4 is 9.47 Å². The van der Waals surface area contributed by atoms with Gasteiger partial charge in [-0.05, 0) is 61.7 Å². The predicted octanol–water partition coefficient (Wildman–Crippen LogP) is 3.89. The minimum atomic E-state index is -1.06. The van der Waals surface area contributed by atoms with Crippen molar-refractivity contribution in [3.63, 3.8) is 0 Å². The van der Waals surface area contributed by atoms with E-state index >= 15 is 0 Å². The highest BCUT2D eigenvalue weighted by atomic mass is 79.9. The molecule has 1 aromatic heterocycles. The van der Waals surface area contributed by atoms with Crippen LogP contribution in [-0.4, -0.2) is 23.2 Å². The third kappa shape index (κ3) is 3.95. The molecular weight excluding hydrogens is 406 g/mol. The van der Waals surface area contributed by atoms with Gasteiger partial charge < -0.3 is 14.6 Å². The Morgan fingerprint density at radius 1 is 1.24 bits per heavy atom. The third-order valence-electron chi connectivity index (χ3n) is 2.64. The van der Waals surface area contributed by atoms with Gasteiger partial charge in [-0.3, -0.25) is 0 Å². The van der Waals surface area contributed by atoms with Crippen molar-refractivity contribution in [1.82, 2.24) is 4.98 Å². The lowest BCUT2D eigenvalue weighted by molar-refractivity contribution is 0.0690. The Hall–Kier alpha value is -1.60. The van der Waals surface area contributed by atoms with E-state index in [1.807, 2.05) is 0 Å². The van der Waals surface area contributed by atoms with Gasteiger partial charge in [0.05, 0.1) is 16.1 Å². The van der Waals surface area contributed by atoms with E-state index in [9.17, 15) is 4.79 Å². The molecule has 2 rings (SSSR count). The molecule has 0 saturated heterocycles. The summed E-state index contributed by atoms with van der Waals surface area (Å²) < 4.78 is 12.4. The molecule has 0 amide bonds. The van der Waals surface area contributed by atoms with E-state index in [1.165, 1.54) is 12.3 Å². The monoisotopic (exact) mass is 415 g/mol. The van der Waals surface area contributed by atoms with E-state index in [0.29, 0.717) is 11.5 Å². The number of halogens is 2. The molecule has 0 bridgehead atoms. The Labute approximate surface area is 138 Å².